The summed E-state index contributed by atoms with van der Waals surface area (Å²) in [4.78, 5) is 36.2. The van der Waals surface area contributed by atoms with Crippen LogP contribution in [0.5, 0.6) is 0 Å². The van der Waals surface area contributed by atoms with E-state index in [4.69, 9.17) is 5.73 Å². The van der Waals surface area contributed by atoms with E-state index in [1.807, 2.05) is 11.8 Å². The van der Waals surface area contributed by atoms with Gasteiger partial charge in [-0.15, -0.1) is 0 Å². The smallest absolute Gasteiger partial charge is 0.231 e. The standard InChI is InChI=1S/C17H25N5O2/c1-13-7-20-14(8-19-13)9-22-12-17(5-3-16(22)24)4-2-6-21(11-17)10-15(18)23/h7-8H,2-6,9-12H2,1H3,(H2,18,23)/t17-/m1/s1. The van der Waals surface area contributed by atoms with Crippen LogP contribution >= 0.6 is 0 Å². The molecule has 2 saturated heterocycles. The fraction of sp³-hybridized carbons (Fsp3) is 0.647. The molecule has 1 atom stereocenters. The number of likely N-dealkylation sites (tertiary alicyclic amines) is 2. The highest BCUT2D eigenvalue weighted by molar-refractivity contribution is 5.77. The van der Waals surface area contributed by atoms with E-state index in [2.05, 4.69) is 14.9 Å². The lowest BCUT2D eigenvalue weighted by Crippen LogP contribution is -2.54. The van der Waals surface area contributed by atoms with Crippen molar-refractivity contribution in [2.24, 2.45) is 11.1 Å². The maximum absolute atomic E-state index is 12.3. The zero-order valence-corrected chi connectivity index (χ0v) is 14.2. The molecule has 0 radical (unpaired) electrons. The number of piperidine rings is 2. The van der Waals surface area contributed by atoms with Gasteiger partial charge >= 0.3 is 0 Å². The zero-order chi connectivity index (χ0) is 17.2. The van der Waals surface area contributed by atoms with Crippen LogP contribution in [0.2, 0.25) is 0 Å². The predicted octanol–water partition coefficient (Wildman–Crippen LogP) is 0.475. The van der Waals surface area contributed by atoms with Crippen molar-refractivity contribution < 1.29 is 9.59 Å². The van der Waals surface area contributed by atoms with Crippen LogP contribution in [0.3, 0.4) is 0 Å². The number of carbonyl (C=O) groups excluding carboxylic acids is 2. The molecule has 1 aromatic heterocycles. The number of aryl methyl sites for hydroxylation is 1. The van der Waals surface area contributed by atoms with E-state index in [-0.39, 0.29) is 17.2 Å². The first-order valence-electron chi connectivity index (χ1n) is 8.52. The minimum absolute atomic E-state index is 0.0692. The van der Waals surface area contributed by atoms with E-state index in [0.29, 0.717) is 19.5 Å². The van der Waals surface area contributed by atoms with Gasteiger partial charge in [-0.05, 0) is 32.7 Å². The summed E-state index contributed by atoms with van der Waals surface area (Å²) in [5.41, 5.74) is 7.10. The zero-order valence-electron chi connectivity index (χ0n) is 14.2. The number of nitrogens with zero attached hydrogens (tertiary/aromatic N) is 4. The Morgan fingerprint density at radius 1 is 1.29 bits per heavy atom. The number of aromatic nitrogens is 2. The van der Waals surface area contributed by atoms with Gasteiger partial charge in [-0.25, -0.2) is 0 Å². The molecule has 3 heterocycles. The summed E-state index contributed by atoms with van der Waals surface area (Å²) >= 11 is 0. The van der Waals surface area contributed by atoms with Crippen LogP contribution in [0.4, 0.5) is 0 Å². The fourth-order valence-electron chi connectivity index (χ4n) is 3.94. The van der Waals surface area contributed by atoms with Crippen molar-refractivity contribution in [3.63, 3.8) is 0 Å². The third-order valence-corrected chi connectivity index (χ3v) is 5.06. The van der Waals surface area contributed by atoms with Crippen LogP contribution in [0, 0.1) is 12.3 Å². The average molecular weight is 331 g/mol. The van der Waals surface area contributed by atoms with E-state index < -0.39 is 0 Å². The summed E-state index contributed by atoms with van der Waals surface area (Å²) < 4.78 is 0. The Balaban J connectivity index is 1.69. The van der Waals surface area contributed by atoms with Crippen molar-refractivity contribution >= 4 is 11.8 Å². The molecule has 2 N–H and O–H groups in total. The summed E-state index contributed by atoms with van der Waals surface area (Å²) in [6.07, 6.45) is 7.05. The third-order valence-electron chi connectivity index (χ3n) is 5.06. The summed E-state index contributed by atoms with van der Waals surface area (Å²) in [6, 6.07) is 0. The molecule has 0 unspecified atom stereocenters. The van der Waals surface area contributed by atoms with E-state index >= 15 is 0 Å². The predicted molar refractivity (Wildman–Crippen MR) is 88.7 cm³/mol. The number of carbonyl (C=O) groups is 2. The van der Waals surface area contributed by atoms with Crippen LogP contribution in [-0.4, -0.2) is 57.8 Å². The van der Waals surface area contributed by atoms with Gasteiger partial charge in [0.25, 0.3) is 0 Å². The first-order chi connectivity index (χ1) is 11.5. The highest BCUT2D eigenvalue weighted by atomic mass is 16.2. The van der Waals surface area contributed by atoms with Crippen molar-refractivity contribution in [1.82, 2.24) is 19.8 Å². The molecule has 7 heteroatoms. The Morgan fingerprint density at radius 3 is 2.83 bits per heavy atom. The van der Waals surface area contributed by atoms with Gasteiger partial charge in [0.15, 0.2) is 0 Å². The minimum atomic E-state index is -0.286. The minimum Gasteiger partial charge on any atom is -0.369 e. The Hall–Kier alpha value is -2.02. The molecular weight excluding hydrogens is 306 g/mol. The lowest BCUT2D eigenvalue weighted by Gasteiger charge is -2.48. The van der Waals surface area contributed by atoms with Crippen LogP contribution in [0.25, 0.3) is 0 Å². The van der Waals surface area contributed by atoms with Gasteiger partial charge in [-0.2, -0.15) is 0 Å². The quantitative estimate of drug-likeness (QED) is 0.866. The van der Waals surface area contributed by atoms with Gasteiger partial charge in [0.2, 0.25) is 11.8 Å². The second kappa shape index (κ2) is 6.84. The first-order valence-corrected chi connectivity index (χ1v) is 8.52. The van der Waals surface area contributed by atoms with Gasteiger partial charge in [-0.3, -0.25) is 24.5 Å². The SMILES string of the molecule is Cc1cnc(CN2C[C@]3(CCCN(CC(N)=O)C3)CCC2=O)cn1. The number of nitrogens with two attached hydrogens (primary N) is 1. The average Bonchev–Trinajstić information content (AvgIpc) is 2.53. The Morgan fingerprint density at radius 2 is 2.12 bits per heavy atom. The van der Waals surface area contributed by atoms with E-state index in [1.165, 1.54) is 0 Å². The first kappa shape index (κ1) is 16.8. The monoisotopic (exact) mass is 331 g/mol. The molecule has 1 spiro atoms. The molecule has 0 bridgehead atoms. The number of hydrogen-bond acceptors (Lipinski definition) is 5. The molecular formula is C17H25N5O2. The molecule has 7 nitrogen and oxygen atoms in total. The molecule has 2 aliphatic heterocycles. The van der Waals surface area contributed by atoms with Gasteiger partial charge < -0.3 is 10.6 Å². The summed E-state index contributed by atoms with van der Waals surface area (Å²) in [5, 5.41) is 0. The fourth-order valence-corrected chi connectivity index (χ4v) is 3.94. The molecule has 2 amide bonds. The normalized spacial score (nSPS) is 25.2. The Labute approximate surface area is 142 Å². The van der Waals surface area contributed by atoms with E-state index in [9.17, 15) is 9.59 Å². The highest BCUT2D eigenvalue weighted by Crippen LogP contribution is 2.39. The van der Waals surface area contributed by atoms with Crippen LogP contribution in [-0.2, 0) is 16.1 Å². The van der Waals surface area contributed by atoms with Gasteiger partial charge in [0.1, 0.15) is 0 Å². The molecule has 2 aliphatic rings. The molecule has 24 heavy (non-hydrogen) atoms. The second-order valence-corrected chi connectivity index (χ2v) is 7.18. The van der Waals surface area contributed by atoms with E-state index in [0.717, 1.165) is 50.3 Å². The maximum atomic E-state index is 12.3. The molecule has 0 aromatic carbocycles. The summed E-state index contributed by atoms with van der Waals surface area (Å²) in [6.45, 7) is 5.16. The number of hydrogen-bond donors (Lipinski definition) is 1. The molecule has 130 valence electrons. The van der Waals surface area contributed by atoms with Crippen molar-refractivity contribution in [2.75, 3.05) is 26.2 Å². The number of amides is 2. The topological polar surface area (TPSA) is 92.4 Å². The second-order valence-electron chi connectivity index (χ2n) is 7.18. The maximum Gasteiger partial charge on any atom is 0.231 e. The van der Waals surface area contributed by atoms with Crippen LogP contribution in [0.15, 0.2) is 12.4 Å². The lowest BCUT2D eigenvalue weighted by molar-refractivity contribution is -0.140. The Bertz CT molecular complexity index is 618. The molecule has 0 aliphatic carbocycles. The molecule has 1 aromatic rings. The summed E-state index contributed by atoms with van der Waals surface area (Å²) in [5.74, 6) is -0.110. The molecule has 0 saturated carbocycles. The molecule has 2 fully saturated rings. The lowest BCUT2D eigenvalue weighted by atomic mass is 9.73. The van der Waals surface area contributed by atoms with Crippen molar-refractivity contribution in [3.8, 4) is 0 Å². The number of primary amides is 1. The van der Waals surface area contributed by atoms with Crippen molar-refractivity contribution in [1.29, 1.82) is 0 Å². The van der Waals surface area contributed by atoms with Crippen molar-refractivity contribution in [2.45, 2.75) is 39.2 Å². The third kappa shape index (κ3) is 3.90. The van der Waals surface area contributed by atoms with E-state index in [1.54, 1.807) is 12.4 Å². The van der Waals surface area contributed by atoms with Gasteiger partial charge in [-0.1, -0.05) is 0 Å². The van der Waals surface area contributed by atoms with Gasteiger partial charge in [0.05, 0.1) is 30.7 Å². The number of rotatable bonds is 4. The van der Waals surface area contributed by atoms with Crippen molar-refractivity contribution in [3.05, 3.63) is 23.8 Å². The highest BCUT2D eigenvalue weighted by Gasteiger charge is 2.41. The van der Waals surface area contributed by atoms with Gasteiger partial charge in [0, 0.05) is 31.1 Å². The molecule has 3 rings (SSSR count). The summed E-state index contributed by atoms with van der Waals surface area (Å²) in [7, 11) is 0. The van der Waals surface area contributed by atoms with Crippen LogP contribution in [0.1, 0.15) is 37.1 Å². The Kier molecular flexibility index (Phi) is 4.80. The van der Waals surface area contributed by atoms with Crippen LogP contribution < -0.4 is 5.73 Å². The largest absolute Gasteiger partial charge is 0.369 e.